The number of primary amides is 1. The highest BCUT2D eigenvalue weighted by atomic mass is 19.1. The molecule has 2 N–H and O–H groups in total. The van der Waals surface area contributed by atoms with Gasteiger partial charge >= 0.3 is 0 Å². The zero-order chi connectivity index (χ0) is 21.4. The number of amides is 2. The Kier molecular flexibility index (Phi) is 8.15. The molecule has 156 valence electrons. The van der Waals surface area contributed by atoms with E-state index in [1.54, 1.807) is 0 Å². The summed E-state index contributed by atoms with van der Waals surface area (Å²) >= 11 is 0. The molecular formula is C22H28FN3O3. The van der Waals surface area contributed by atoms with Crippen LogP contribution in [-0.2, 0) is 9.59 Å². The fraction of sp³-hybridized carbons (Fsp3) is 0.364. The van der Waals surface area contributed by atoms with Gasteiger partial charge in [-0.3, -0.25) is 14.5 Å². The van der Waals surface area contributed by atoms with Crippen LogP contribution in [0.3, 0.4) is 0 Å². The van der Waals surface area contributed by atoms with E-state index in [0.29, 0.717) is 18.8 Å². The van der Waals surface area contributed by atoms with E-state index in [0.717, 1.165) is 16.9 Å². The number of likely N-dealkylation sites (N-methyl/N-ethyl adjacent to an activating group) is 1. The van der Waals surface area contributed by atoms with Gasteiger partial charge in [0.2, 0.25) is 11.8 Å². The lowest BCUT2D eigenvalue weighted by Gasteiger charge is -2.25. The van der Waals surface area contributed by atoms with E-state index < -0.39 is 11.7 Å². The summed E-state index contributed by atoms with van der Waals surface area (Å²) in [5.41, 5.74) is 8.01. The second kappa shape index (κ2) is 10.6. The van der Waals surface area contributed by atoms with Crippen LogP contribution in [-0.4, -0.2) is 50.0 Å². The Bertz CT molecular complexity index is 819. The maximum Gasteiger partial charge on any atom is 0.241 e. The van der Waals surface area contributed by atoms with E-state index in [2.05, 4.69) is 6.07 Å². The average molecular weight is 401 g/mol. The largest absolute Gasteiger partial charge is 0.492 e. The quantitative estimate of drug-likeness (QED) is 0.664. The number of carbonyl (C=O) groups is 2. The molecule has 0 bridgehead atoms. The molecule has 0 fully saturated rings. The normalized spacial score (nSPS) is 10.8. The van der Waals surface area contributed by atoms with E-state index in [-0.39, 0.29) is 25.4 Å². The zero-order valence-electron chi connectivity index (χ0n) is 17.2. The standard InChI is InChI=1S/C22H28FN3O3/c1-16-12-17(2)14-20(13-16)29-11-10-25(3)15-22(28)26(9-8-21(24)27)19-6-4-18(23)5-7-19/h4-7,12-14H,8-11,15H2,1-3H3,(H2,24,27). The van der Waals surface area contributed by atoms with E-state index in [9.17, 15) is 14.0 Å². The summed E-state index contributed by atoms with van der Waals surface area (Å²) in [6.07, 6.45) is 0.0304. The van der Waals surface area contributed by atoms with Gasteiger partial charge in [-0.1, -0.05) is 6.07 Å². The Morgan fingerprint density at radius 1 is 1.03 bits per heavy atom. The molecule has 0 atom stereocenters. The van der Waals surface area contributed by atoms with Crippen molar-refractivity contribution in [1.82, 2.24) is 4.90 Å². The van der Waals surface area contributed by atoms with Crippen LogP contribution >= 0.6 is 0 Å². The monoisotopic (exact) mass is 401 g/mol. The first kappa shape index (κ1) is 22.4. The molecule has 0 aliphatic carbocycles. The Balaban J connectivity index is 1.92. The van der Waals surface area contributed by atoms with E-state index in [1.165, 1.54) is 29.2 Å². The van der Waals surface area contributed by atoms with Crippen molar-refractivity contribution in [2.24, 2.45) is 5.73 Å². The van der Waals surface area contributed by atoms with Crippen LogP contribution in [0.1, 0.15) is 17.5 Å². The molecular weight excluding hydrogens is 373 g/mol. The first-order valence-electron chi connectivity index (χ1n) is 9.48. The summed E-state index contributed by atoms with van der Waals surface area (Å²) in [5.74, 6) is -0.291. The first-order chi connectivity index (χ1) is 13.7. The van der Waals surface area contributed by atoms with Crippen molar-refractivity contribution in [1.29, 1.82) is 0 Å². The minimum atomic E-state index is -0.500. The molecule has 0 saturated carbocycles. The average Bonchev–Trinajstić information content (AvgIpc) is 2.62. The molecule has 0 aromatic heterocycles. The Hall–Kier alpha value is -2.93. The zero-order valence-corrected chi connectivity index (χ0v) is 17.2. The van der Waals surface area contributed by atoms with Crippen molar-refractivity contribution in [3.63, 3.8) is 0 Å². The number of nitrogens with zero attached hydrogens (tertiary/aromatic N) is 2. The third kappa shape index (κ3) is 7.54. The van der Waals surface area contributed by atoms with Gasteiger partial charge in [-0.05, 0) is 68.4 Å². The van der Waals surface area contributed by atoms with Crippen molar-refractivity contribution < 1.29 is 18.7 Å². The predicted octanol–water partition coefficient (Wildman–Crippen LogP) is 2.66. The van der Waals surface area contributed by atoms with Gasteiger partial charge in [-0.25, -0.2) is 4.39 Å². The maximum atomic E-state index is 13.2. The van der Waals surface area contributed by atoms with Gasteiger partial charge in [0.1, 0.15) is 18.2 Å². The van der Waals surface area contributed by atoms with Crippen LogP contribution in [0.15, 0.2) is 42.5 Å². The summed E-state index contributed by atoms with van der Waals surface area (Å²) in [5, 5.41) is 0. The third-order valence-electron chi connectivity index (χ3n) is 4.36. The van der Waals surface area contributed by atoms with Crippen LogP contribution in [0.4, 0.5) is 10.1 Å². The predicted molar refractivity (Wildman–Crippen MR) is 111 cm³/mol. The Labute approximate surface area is 171 Å². The summed E-state index contributed by atoms with van der Waals surface area (Å²) in [6.45, 7) is 5.29. The second-order valence-electron chi connectivity index (χ2n) is 7.15. The Morgan fingerprint density at radius 2 is 1.66 bits per heavy atom. The fourth-order valence-corrected chi connectivity index (χ4v) is 2.97. The first-order valence-corrected chi connectivity index (χ1v) is 9.48. The number of hydrogen-bond acceptors (Lipinski definition) is 4. The van der Waals surface area contributed by atoms with Gasteiger partial charge in [-0.2, -0.15) is 0 Å². The van der Waals surface area contributed by atoms with Crippen molar-refractivity contribution >= 4 is 17.5 Å². The molecule has 7 heteroatoms. The number of aryl methyl sites for hydroxylation is 2. The summed E-state index contributed by atoms with van der Waals surface area (Å²) in [6, 6.07) is 11.6. The van der Waals surface area contributed by atoms with Gasteiger partial charge in [-0.15, -0.1) is 0 Å². The minimum Gasteiger partial charge on any atom is -0.492 e. The molecule has 2 aromatic rings. The molecule has 0 heterocycles. The lowest BCUT2D eigenvalue weighted by atomic mass is 10.1. The fourth-order valence-electron chi connectivity index (χ4n) is 2.97. The van der Waals surface area contributed by atoms with E-state index in [4.69, 9.17) is 10.5 Å². The summed E-state index contributed by atoms with van der Waals surface area (Å²) < 4.78 is 19.0. The van der Waals surface area contributed by atoms with Crippen LogP contribution in [0.2, 0.25) is 0 Å². The highest BCUT2D eigenvalue weighted by Gasteiger charge is 2.18. The molecule has 0 unspecified atom stereocenters. The number of nitrogens with two attached hydrogens (primary N) is 1. The lowest BCUT2D eigenvalue weighted by Crippen LogP contribution is -2.41. The van der Waals surface area contributed by atoms with Crippen LogP contribution in [0, 0.1) is 19.7 Å². The molecule has 0 radical (unpaired) electrons. The van der Waals surface area contributed by atoms with E-state index >= 15 is 0 Å². The highest BCUT2D eigenvalue weighted by Crippen LogP contribution is 2.17. The minimum absolute atomic E-state index is 0.0304. The van der Waals surface area contributed by atoms with Gasteiger partial charge in [0.25, 0.3) is 0 Å². The number of carbonyl (C=O) groups excluding carboxylic acids is 2. The number of ether oxygens (including phenoxy) is 1. The van der Waals surface area contributed by atoms with E-state index in [1.807, 2.05) is 37.9 Å². The molecule has 2 aromatic carbocycles. The topological polar surface area (TPSA) is 75.9 Å². The lowest BCUT2D eigenvalue weighted by molar-refractivity contribution is -0.119. The van der Waals surface area contributed by atoms with Crippen LogP contribution in [0.25, 0.3) is 0 Å². The number of benzene rings is 2. The maximum absolute atomic E-state index is 13.2. The highest BCUT2D eigenvalue weighted by molar-refractivity contribution is 5.95. The summed E-state index contributed by atoms with van der Waals surface area (Å²) in [7, 11) is 1.82. The van der Waals surface area contributed by atoms with Gasteiger partial charge in [0, 0.05) is 25.2 Å². The Morgan fingerprint density at radius 3 is 2.24 bits per heavy atom. The van der Waals surface area contributed by atoms with Crippen molar-refractivity contribution in [3.05, 3.63) is 59.4 Å². The molecule has 0 aliphatic heterocycles. The molecule has 29 heavy (non-hydrogen) atoms. The third-order valence-corrected chi connectivity index (χ3v) is 4.36. The molecule has 0 aliphatic rings. The molecule has 0 saturated heterocycles. The molecule has 0 spiro atoms. The molecule has 6 nitrogen and oxygen atoms in total. The molecule has 2 amide bonds. The number of hydrogen-bond donors (Lipinski definition) is 1. The smallest absolute Gasteiger partial charge is 0.241 e. The van der Waals surface area contributed by atoms with Crippen molar-refractivity contribution in [2.75, 3.05) is 38.2 Å². The van der Waals surface area contributed by atoms with Crippen LogP contribution < -0.4 is 15.4 Å². The summed E-state index contributed by atoms with van der Waals surface area (Å²) in [4.78, 5) is 27.2. The van der Waals surface area contributed by atoms with Gasteiger partial charge < -0.3 is 15.4 Å². The number of halogens is 1. The van der Waals surface area contributed by atoms with Crippen molar-refractivity contribution in [2.45, 2.75) is 20.3 Å². The second-order valence-corrected chi connectivity index (χ2v) is 7.15. The number of anilines is 1. The van der Waals surface area contributed by atoms with Gasteiger partial charge in [0.05, 0.1) is 6.54 Å². The van der Waals surface area contributed by atoms with Crippen molar-refractivity contribution in [3.8, 4) is 5.75 Å². The molecule has 2 rings (SSSR count). The van der Waals surface area contributed by atoms with Crippen LogP contribution in [0.5, 0.6) is 5.75 Å². The SMILES string of the molecule is Cc1cc(C)cc(OCCN(C)CC(=O)N(CCC(N)=O)c2ccc(F)cc2)c1. The number of rotatable bonds is 10. The van der Waals surface area contributed by atoms with Gasteiger partial charge in [0.15, 0.2) is 0 Å².